The van der Waals surface area contributed by atoms with E-state index < -0.39 is 11.2 Å². The van der Waals surface area contributed by atoms with Gasteiger partial charge in [0, 0.05) is 17.3 Å². The highest BCUT2D eigenvalue weighted by Gasteiger charge is 2.40. The van der Waals surface area contributed by atoms with E-state index in [1.807, 2.05) is 73.7 Å². The average molecular weight is 532 g/mol. The number of nitrogens with one attached hydrogen (secondary N) is 1. The molecule has 1 aliphatic rings. The van der Waals surface area contributed by atoms with E-state index in [4.69, 9.17) is 16.3 Å². The van der Waals surface area contributed by atoms with E-state index in [1.165, 1.54) is 16.7 Å². The van der Waals surface area contributed by atoms with Crippen molar-refractivity contribution in [1.82, 2.24) is 5.32 Å². The Labute approximate surface area is 225 Å². The normalized spacial score (nSPS) is 16.3. The Balaban J connectivity index is 1.57. The molecule has 0 spiro atoms. The molecule has 0 unspecified atom stereocenters. The van der Waals surface area contributed by atoms with Gasteiger partial charge in [-0.1, -0.05) is 65.8 Å². The fourth-order valence-electron chi connectivity index (χ4n) is 3.98. The van der Waals surface area contributed by atoms with Crippen LogP contribution in [0.5, 0.6) is 5.75 Å². The lowest BCUT2D eigenvalue weighted by atomic mass is 10.1. The minimum atomic E-state index is -0.508. The highest BCUT2D eigenvalue weighted by atomic mass is 35.5. The smallest absolute Gasteiger partial charge is 0.264 e. The summed E-state index contributed by atoms with van der Waals surface area (Å²) in [7, 11) is 1.61. The van der Waals surface area contributed by atoms with E-state index in [2.05, 4.69) is 5.32 Å². The molecule has 6 nitrogen and oxygen atoms in total. The van der Waals surface area contributed by atoms with E-state index in [1.54, 1.807) is 19.2 Å². The summed E-state index contributed by atoms with van der Waals surface area (Å²) < 4.78 is 5.17. The van der Waals surface area contributed by atoms with Crippen LogP contribution >= 0.6 is 23.4 Å². The molecule has 0 radical (unpaired) electrons. The first-order valence-corrected chi connectivity index (χ1v) is 13.0. The van der Waals surface area contributed by atoms with Crippen LogP contribution in [-0.4, -0.2) is 30.7 Å². The third kappa shape index (κ3) is 6.16. The predicted molar refractivity (Wildman–Crippen MR) is 148 cm³/mol. The van der Waals surface area contributed by atoms with Gasteiger partial charge < -0.3 is 10.1 Å². The van der Waals surface area contributed by atoms with Crippen LogP contribution in [0.4, 0.5) is 5.69 Å². The summed E-state index contributed by atoms with van der Waals surface area (Å²) in [5.41, 5.74) is 3.43. The number of benzene rings is 3. The molecule has 4 rings (SSSR count). The lowest BCUT2D eigenvalue weighted by Crippen LogP contribution is -2.32. The maximum Gasteiger partial charge on any atom is 0.264 e. The number of para-hydroxylation sites is 1. The summed E-state index contributed by atoms with van der Waals surface area (Å²) in [6.07, 6.45) is 1.02. The minimum Gasteiger partial charge on any atom is -0.497 e. The zero-order valence-corrected chi connectivity index (χ0v) is 22.1. The number of thioether (sulfide) groups is 1. The number of aryl methyl sites for hydroxylation is 1. The Hall–Kier alpha value is -3.73. The fraction of sp³-hybridized carbons (Fsp3) is 0.207. The number of carbonyl (C=O) groups excluding carboxylic acids is 2. The second-order valence-electron chi connectivity index (χ2n) is 8.55. The zero-order valence-electron chi connectivity index (χ0n) is 20.5. The number of nitrogens with zero attached hydrogens (tertiary/aromatic N) is 2. The maximum absolute atomic E-state index is 13.6. The molecule has 2 amide bonds. The molecular weight excluding hydrogens is 506 g/mol. The van der Waals surface area contributed by atoms with Crippen LogP contribution in [0.15, 0.2) is 83.4 Å². The Bertz CT molecular complexity index is 1370. The van der Waals surface area contributed by atoms with Crippen molar-refractivity contribution in [1.29, 1.82) is 5.26 Å². The minimum absolute atomic E-state index is 0.0821. The van der Waals surface area contributed by atoms with Crippen LogP contribution in [0.3, 0.4) is 0 Å². The molecule has 1 aliphatic heterocycles. The number of nitriles is 1. The fourth-order valence-corrected chi connectivity index (χ4v) is 5.49. The number of rotatable bonds is 8. The number of methoxy groups -OCH3 is 1. The number of hydrogen-bond donors (Lipinski definition) is 1. The summed E-state index contributed by atoms with van der Waals surface area (Å²) >= 11 is 7.53. The molecule has 3 aromatic rings. The molecule has 0 aromatic heterocycles. The Morgan fingerprint density at radius 3 is 2.46 bits per heavy atom. The molecule has 0 saturated carbocycles. The lowest BCUT2D eigenvalue weighted by molar-refractivity contribution is -0.117. The molecule has 1 atom stereocenters. The van der Waals surface area contributed by atoms with E-state index in [-0.39, 0.29) is 11.5 Å². The Morgan fingerprint density at radius 1 is 1.11 bits per heavy atom. The van der Waals surface area contributed by atoms with E-state index in [0.29, 0.717) is 35.1 Å². The number of carbonyl (C=O) groups is 2. The van der Waals surface area contributed by atoms with Crippen LogP contribution in [-0.2, 0) is 22.4 Å². The predicted octanol–water partition coefficient (Wildman–Crippen LogP) is 5.44. The molecule has 37 heavy (non-hydrogen) atoms. The summed E-state index contributed by atoms with van der Waals surface area (Å²) in [6.45, 7) is 2.27. The van der Waals surface area contributed by atoms with Crippen molar-refractivity contribution < 1.29 is 14.3 Å². The SMILES string of the molecule is COc1ccc(CCNC(=O)/C(C#N)=C2\S[C@@H](Cc3ccc(C)c(Cl)c3)C(=O)N2c2ccccc2)cc1. The summed E-state index contributed by atoms with van der Waals surface area (Å²) in [4.78, 5) is 28.1. The first kappa shape index (κ1) is 26.3. The van der Waals surface area contributed by atoms with Crippen molar-refractivity contribution in [2.45, 2.75) is 25.0 Å². The number of ether oxygens (including phenoxy) is 1. The molecule has 0 aliphatic carbocycles. The number of hydrogen-bond acceptors (Lipinski definition) is 5. The topological polar surface area (TPSA) is 82.4 Å². The summed E-state index contributed by atoms with van der Waals surface area (Å²) in [5.74, 6) is 0.0728. The van der Waals surface area contributed by atoms with Gasteiger partial charge >= 0.3 is 0 Å². The van der Waals surface area contributed by atoms with Crippen LogP contribution < -0.4 is 15.0 Å². The quantitative estimate of drug-likeness (QED) is 0.309. The monoisotopic (exact) mass is 531 g/mol. The van der Waals surface area contributed by atoms with Gasteiger partial charge in [-0.25, -0.2) is 0 Å². The van der Waals surface area contributed by atoms with Gasteiger partial charge in [0.15, 0.2) is 0 Å². The van der Waals surface area contributed by atoms with Crippen molar-refractivity contribution in [2.24, 2.45) is 0 Å². The largest absolute Gasteiger partial charge is 0.497 e. The standard InChI is InChI=1S/C29H26ClN3O3S/c1-19-8-9-21(16-25(19)30)17-26-28(35)33(22-6-4-3-5-7-22)29(37-26)24(18-31)27(34)32-15-14-20-10-12-23(36-2)13-11-20/h3-13,16,26H,14-15,17H2,1-2H3,(H,32,34)/b29-24-/t26-/m0/s1. The van der Waals surface area contributed by atoms with Gasteiger partial charge in [-0.15, -0.1) is 0 Å². The molecule has 3 aromatic carbocycles. The van der Waals surface area contributed by atoms with Crippen molar-refractivity contribution in [2.75, 3.05) is 18.6 Å². The van der Waals surface area contributed by atoms with Gasteiger partial charge in [-0.2, -0.15) is 5.26 Å². The van der Waals surface area contributed by atoms with E-state index >= 15 is 0 Å². The van der Waals surface area contributed by atoms with Crippen molar-refractivity contribution in [3.63, 3.8) is 0 Å². The number of anilines is 1. The van der Waals surface area contributed by atoms with E-state index in [9.17, 15) is 14.9 Å². The molecule has 8 heteroatoms. The van der Waals surface area contributed by atoms with Gasteiger partial charge in [-0.05, 0) is 66.8 Å². The average Bonchev–Trinajstić information content (AvgIpc) is 3.22. The molecule has 188 valence electrons. The highest BCUT2D eigenvalue weighted by molar-refractivity contribution is 8.05. The molecule has 1 N–H and O–H groups in total. The molecule has 0 bridgehead atoms. The van der Waals surface area contributed by atoms with Crippen molar-refractivity contribution >= 4 is 40.9 Å². The first-order chi connectivity index (χ1) is 17.9. The Kier molecular flexibility index (Phi) is 8.54. The lowest BCUT2D eigenvalue weighted by Gasteiger charge is -2.18. The van der Waals surface area contributed by atoms with Gasteiger partial charge in [-0.3, -0.25) is 14.5 Å². The van der Waals surface area contributed by atoms with Crippen LogP contribution in [0.2, 0.25) is 5.02 Å². The van der Waals surface area contributed by atoms with Crippen LogP contribution in [0, 0.1) is 18.3 Å². The third-order valence-electron chi connectivity index (χ3n) is 6.04. The number of halogens is 1. The zero-order chi connectivity index (χ0) is 26.4. The van der Waals surface area contributed by atoms with Gasteiger partial charge in [0.1, 0.15) is 22.4 Å². The van der Waals surface area contributed by atoms with Gasteiger partial charge in [0.2, 0.25) is 5.91 Å². The van der Waals surface area contributed by atoms with Gasteiger partial charge in [0.25, 0.3) is 5.91 Å². The second kappa shape index (κ2) is 12.0. The van der Waals surface area contributed by atoms with Crippen LogP contribution in [0.25, 0.3) is 0 Å². The van der Waals surface area contributed by atoms with Gasteiger partial charge in [0.05, 0.1) is 12.4 Å². The van der Waals surface area contributed by atoms with Crippen LogP contribution in [0.1, 0.15) is 16.7 Å². The summed E-state index contributed by atoms with van der Waals surface area (Å²) in [5, 5.41) is 13.3. The molecule has 1 saturated heterocycles. The Morgan fingerprint density at radius 2 is 1.81 bits per heavy atom. The number of amides is 2. The molecular formula is C29H26ClN3O3S. The third-order valence-corrected chi connectivity index (χ3v) is 7.71. The molecule has 1 fully saturated rings. The van der Waals surface area contributed by atoms with E-state index in [0.717, 1.165) is 22.4 Å². The maximum atomic E-state index is 13.6. The second-order valence-corrected chi connectivity index (χ2v) is 10.1. The summed E-state index contributed by atoms with van der Waals surface area (Å²) in [6, 6.07) is 24.4. The van der Waals surface area contributed by atoms with Crippen molar-refractivity contribution in [3.8, 4) is 11.8 Å². The van der Waals surface area contributed by atoms with Crippen molar-refractivity contribution in [3.05, 3.63) is 105 Å². The first-order valence-electron chi connectivity index (χ1n) is 11.8. The molecule has 1 heterocycles. The highest BCUT2D eigenvalue weighted by Crippen LogP contribution is 2.42.